The molecule has 4 rings (SSSR count). The van der Waals surface area contributed by atoms with Crippen LogP contribution in [0, 0.1) is 21.7 Å². The molecule has 390 valence electrons. The molecule has 13 nitrogen and oxygen atoms in total. The van der Waals surface area contributed by atoms with Gasteiger partial charge < -0.3 is 33.2 Å². The molecular formula is C58H81NO12. The van der Waals surface area contributed by atoms with E-state index in [0.717, 1.165) is 44.6 Å². The standard InChI is InChI=1S/C58H81NO12/c1-15-48(60)68-40-56(8,9)38-55(6,7)39-67-44-22-18-42(19-23-44)52(64)71-46-26-24-45(25-27-46)70-51(63)41-16-20-43(21-17-41)65-34-32-53(2,3)30-31-54(4,5)33-35-66-49(61)28-29-50(62)69-47-36-57(10,11)59(14)58(12,13)37-47/h15-27,47H,1,28-40H2,2-14H3. The highest BCUT2D eigenvalue weighted by Gasteiger charge is 2.44. The first-order valence-electron chi connectivity index (χ1n) is 24.9. The van der Waals surface area contributed by atoms with E-state index in [2.05, 4.69) is 87.8 Å². The smallest absolute Gasteiger partial charge is 0.343 e. The SMILES string of the molecule is C=CC(=O)OCC(C)(C)CC(C)(C)COc1ccc(C(=O)Oc2ccc(OC(=O)c3ccc(OCCC(C)(C)CCC(C)(C)CCOC(=O)CCC(=O)OC4CC(C)(C)N(C)C(C)(C)C4)cc3)cc2)cc1. The average Bonchev–Trinajstić information content (AvgIpc) is 3.28. The van der Waals surface area contributed by atoms with Crippen LogP contribution >= 0.6 is 0 Å². The molecule has 0 atom stereocenters. The summed E-state index contributed by atoms with van der Waals surface area (Å²) in [4.78, 5) is 64.8. The van der Waals surface area contributed by atoms with Crippen LogP contribution in [-0.2, 0) is 28.6 Å². The Labute approximate surface area is 423 Å². The first-order chi connectivity index (χ1) is 33.0. The first-order valence-corrected chi connectivity index (χ1v) is 24.9. The topological polar surface area (TPSA) is 153 Å². The molecule has 0 amide bonds. The van der Waals surface area contributed by atoms with Gasteiger partial charge >= 0.3 is 29.8 Å². The van der Waals surface area contributed by atoms with E-state index in [0.29, 0.717) is 48.9 Å². The van der Waals surface area contributed by atoms with Gasteiger partial charge in [-0.3, -0.25) is 14.5 Å². The third-order valence-corrected chi connectivity index (χ3v) is 13.5. The van der Waals surface area contributed by atoms with E-state index < -0.39 is 17.9 Å². The Morgan fingerprint density at radius 2 is 0.986 bits per heavy atom. The van der Waals surface area contributed by atoms with E-state index in [1.807, 2.05) is 13.8 Å². The van der Waals surface area contributed by atoms with Gasteiger partial charge in [-0.2, -0.15) is 0 Å². The number of nitrogens with zero attached hydrogens (tertiary/aromatic N) is 1. The van der Waals surface area contributed by atoms with Crippen molar-refractivity contribution < 1.29 is 57.1 Å². The van der Waals surface area contributed by atoms with E-state index >= 15 is 0 Å². The van der Waals surface area contributed by atoms with E-state index in [1.165, 1.54) is 0 Å². The van der Waals surface area contributed by atoms with Crippen LogP contribution in [0.5, 0.6) is 23.0 Å². The van der Waals surface area contributed by atoms with Gasteiger partial charge in [0.2, 0.25) is 0 Å². The number of benzene rings is 3. The molecule has 3 aromatic carbocycles. The van der Waals surface area contributed by atoms with Crippen molar-refractivity contribution in [3.05, 3.63) is 96.6 Å². The van der Waals surface area contributed by atoms with Crippen LogP contribution in [-0.4, -0.2) is 85.4 Å². The number of piperidine rings is 1. The van der Waals surface area contributed by atoms with Crippen LogP contribution in [0.2, 0.25) is 0 Å². The molecule has 0 spiro atoms. The molecule has 1 aliphatic rings. The molecule has 1 heterocycles. The van der Waals surface area contributed by atoms with E-state index in [9.17, 15) is 24.0 Å². The van der Waals surface area contributed by atoms with Gasteiger partial charge in [-0.15, -0.1) is 0 Å². The quantitative estimate of drug-likeness (QED) is 0.0325. The number of carbonyl (C=O) groups excluding carboxylic acids is 5. The van der Waals surface area contributed by atoms with Crippen LogP contribution in [0.4, 0.5) is 0 Å². The van der Waals surface area contributed by atoms with Crippen LogP contribution in [0.15, 0.2) is 85.5 Å². The van der Waals surface area contributed by atoms with Gasteiger partial charge in [0.15, 0.2) is 0 Å². The molecule has 13 heteroatoms. The highest BCUT2D eigenvalue weighted by molar-refractivity contribution is 5.92. The molecule has 0 radical (unpaired) electrons. The number of esters is 5. The van der Waals surface area contributed by atoms with Crippen molar-refractivity contribution in [1.82, 2.24) is 4.90 Å². The fraction of sp³-hybridized carbons (Fsp3) is 0.569. The van der Waals surface area contributed by atoms with Crippen LogP contribution in [0.25, 0.3) is 0 Å². The van der Waals surface area contributed by atoms with Gasteiger partial charge in [0, 0.05) is 30.0 Å². The third-order valence-electron chi connectivity index (χ3n) is 13.5. The van der Waals surface area contributed by atoms with Gasteiger partial charge in [0.25, 0.3) is 0 Å². The number of hydrogen-bond donors (Lipinski definition) is 0. The molecule has 3 aromatic rings. The van der Waals surface area contributed by atoms with Gasteiger partial charge in [-0.05, 0) is 161 Å². The molecular weight excluding hydrogens is 903 g/mol. The van der Waals surface area contributed by atoms with Crippen molar-refractivity contribution in [2.75, 3.05) is 33.5 Å². The van der Waals surface area contributed by atoms with Gasteiger partial charge in [-0.25, -0.2) is 14.4 Å². The zero-order valence-corrected chi connectivity index (χ0v) is 44.8. The molecule has 0 aromatic heterocycles. The summed E-state index contributed by atoms with van der Waals surface area (Å²) in [5.74, 6) is -0.457. The second kappa shape index (κ2) is 24.6. The van der Waals surface area contributed by atoms with Crippen molar-refractivity contribution in [3.8, 4) is 23.0 Å². The summed E-state index contributed by atoms with van der Waals surface area (Å²) in [5.41, 5.74) is -0.0406. The Morgan fingerprint density at radius 3 is 1.46 bits per heavy atom. The first kappa shape index (κ1) is 57.9. The summed E-state index contributed by atoms with van der Waals surface area (Å²) in [7, 11) is 2.11. The molecule has 0 saturated carbocycles. The predicted octanol–water partition coefficient (Wildman–Crippen LogP) is 12.2. The lowest BCUT2D eigenvalue weighted by Gasteiger charge is -2.53. The number of carbonyl (C=O) groups is 5. The summed E-state index contributed by atoms with van der Waals surface area (Å²) in [6, 6.07) is 19.7. The molecule has 0 unspecified atom stereocenters. The molecule has 0 aliphatic carbocycles. The zero-order valence-electron chi connectivity index (χ0n) is 44.8. The summed E-state index contributed by atoms with van der Waals surface area (Å²) < 4.78 is 39.8. The largest absolute Gasteiger partial charge is 0.494 e. The second-order valence-electron chi connectivity index (χ2n) is 23.5. The molecule has 1 saturated heterocycles. The van der Waals surface area contributed by atoms with Crippen molar-refractivity contribution in [3.63, 3.8) is 0 Å². The molecule has 1 aliphatic heterocycles. The fourth-order valence-corrected chi connectivity index (χ4v) is 8.98. The Kier molecular flexibility index (Phi) is 20.1. The van der Waals surface area contributed by atoms with Gasteiger partial charge in [0.1, 0.15) is 29.1 Å². The number of likely N-dealkylation sites (tertiary alicyclic amines) is 1. The molecule has 1 fully saturated rings. The third kappa shape index (κ3) is 19.8. The van der Waals surface area contributed by atoms with Crippen molar-refractivity contribution in [2.24, 2.45) is 21.7 Å². The van der Waals surface area contributed by atoms with E-state index in [4.69, 9.17) is 33.2 Å². The predicted molar refractivity (Wildman–Crippen MR) is 275 cm³/mol. The van der Waals surface area contributed by atoms with Crippen LogP contribution < -0.4 is 18.9 Å². The molecule has 0 N–H and O–H groups in total. The summed E-state index contributed by atoms with van der Waals surface area (Å²) in [5, 5.41) is 0. The average molecular weight is 984 g/mol. The molecule has 0 bridgehead atoms. The van der Waals surface area contributed by atoms with E-state index in [1.54, 1.807) is 72.8 Å². The minimum absolute atomic E-state index is 0.00421. The fourth-order valence-electron chi connectivity index (χ4n) is 8.98. The summed E-state index contributed by atoms with van der Waals surface area (Å²) in [6.07, 6.45) is 6.65. The number of rotatable bonds is 26. The Hall–Kier alpha value is -5.69. The highest BCUT2D eigenvalue weighted by Crippen LogP contribution is 2.39. The lowest BCUT2D eigenvalue weighted by atomic mass is 9.76. The van der Waals surface area contributed by atoms with Crippen LogP contribution in [0.1, 0.15) is 162 Å². The van der Waals surface area contributed by atoms with Crippen molar-refractivity contribution in [1.29, 1.82) is 0 Å². The maximum atomic E-state index is 13.0. The summed E-state index contributed by atoms with van der Waals surface area (Å²) >= 11 is 0. The Bertz CT molecular complexity index is 2240. The number of ether oxygens (including phenoxy) is 7. The number of hydrogen-bond acceptors (Lipinski definition) is 13. The maximum absolute atomic E-state index is 13.0. The maximum Gasteiger partial charge on any atom is 0.343 e. The second-order valence-corrected chi connectivity index (χ2v) is 23.5. The normalized spacial score (nSPS) is 15.2. The Balaban J connectivity index is 1.11. The van der Waals surface area contributed by atoms with Crippen LogP contribution in [0.3, 0.4) is 0 Å². The Morgan fingerprint density at radius 1 is 0.563 bits per heavy atom. The lowest BCUT2D eigenvalue weighted by molar-refractivity contribution is -0.161. The minimum Gasteiger partial charge on any atom is -0.494 e. The lowest BCUT2D eigenvalue weighted by Crippen LogP contribution is -2.60. The van der Waals surface area contributed by atoms with Crippen molar-refractivity contribution >= 4 is 29.8 Å². The minimum atomic E-state index is -0.550. The van der Waals surface area contributed by atoms with Gasteiger partial charge in [-0.1, -0.05) is 62.0 Å². The van der Waals surface area contributed by atoms with Crippen molar-refractivity contribution in [2.45, 2.75) is 158 Å². The highest BCUT2D eigenvalue weighted by atomic mass is 16.6. The molecule has 71 heavy (non-hydrogen) atoms. The van der Waals surface area contributed by atoms with Gasteiger partial charge in [0.05, 0.1) is 50.4 Å². The summed E-state index contributed by atoms with van der Waals surface area (Å²) in [6.45, 7) is 30.6. The monoisotopic (exact) mass is 984 g/mol. The zero-order chi connectivity index (χ0) is 52.8. The van der Waals surface area contributed by atoms with E-state index in [-0.39, 0.29) is 81.7 Å².